The van der Waals surface area contributed by atoms with Gasteiger partial charge in [-0.3, -0.25) is 9.78 Å². The summed E-state index contributed by atoms with van der Waals surface area (Å²) in [6.45, 7) is 0. The van der Waals surface area contributed by atoms with E-state index in [1.807, 2.05) is 24.3 Å². The Labute approximate surface area is 132 Å². The number of para-hydroxylation sites is 1. The number of carbonyl (C=O) groups is 1. The number of amides is 1. The number of aromatic hydroxyl groups is 1. The van der Waals surface area contributed by atoms with Crippen LogP contribution in [0.4, 0.5) is 0 Å². The van der Waals surface area contributed by atoms with E-state index < -0.39 is 5.91 Å². The highest BCUT2D eigenvalue weighted by Crippen LogP contribution is 2.36. The molecule has 3 aromatic rings. The molecule has 0 spiro atoms. The van der Waals surface area contributed by atoms with Gasteiger partial charge < -0.3 is 15.2 Å². The highest BCUT2D eigenvalue weighted by molar-refractivity contribution is 6.05. The predicted molar refractivity (Wildman–Crippen MR) is 86.6 cm³/mol. The van der Waals surface area contributed by atoms with Crippen LogP contribution in [-0.4, -0.2) is 35.1 Å². The second kappa shape index (κ2) is 5.92. The van der Waals surface area contributed by atoms with Crippen molar-refractivity contribution in [2.24, 2.45) is 0 Å². The van der Waals surface area contributed by atoms with Gasteiger partial charge >= 0.3 is 0 Å². The van der Waals surface area contributed by atoms with Crippen LogP contribution in [0.2, 0.25) is 0 Å². The third-order valence-electron chi connectivity index (χ3n) is 3.54. The second-order valence-corrected chi connectivity index (χ2v) is 4.84. The van der Waals surface area contributed by atoms with Gasteiger partial charge in [0.15, 0.2) is 11.4 Å². The Kier molecular flexibility index (Phi) is 3.80. The number of nitrogens with zero attached hydrogens (tertiary/aromatic N) is 2. The predicted octanol–water partition coefficient (Wildman–Crippen LogP) is 2.37. The minimum atomic E-state index is -0.480. The summed E-state index contributed by atoms with van der Waals surface area (Å²) in [7, 11) is 3.05. The van der Waals surface area contributed by atoms with Crippen molar-refractivity contribution >= 4 is 16.8 Å². The molecule has 1 aromatic carbocycles. The van der Waals surface area contributed by atoms with Crippen molar-refractivity contribution in [1.82, 2.24) is 15.3 Å². The number of ether oxygens (including phenoxy) is 1. The summed E-state index contributed by atoms with van der Waals surface area (Å²) in [5.41, 5.74) is 1.50. The van der Waals surface area contributed by atoms with E-state index in [1.54, 1.807) is 25.4 Å². The van der Waals surface area contributed by atoms with E-state index in [2.05, 4.69) is 15.3 Å². The molecular formula is C17H15N3O3. The van der Waals surface area contributed by atoms with Crippen LogP contribution in [-0.2, 0) is 0 Å². The van der Waals surface area contributed by atoms with Crippen LogP contribution < -0.4 is 10.1 Å². The number of hydrogen-bond acceptors (Lipinski definition) is 5. The van der Waals surface area contributed by atoms with Crippen LogP contribution in [0.5, 0.6) is 11.5 Å². The molecule has 0 saturated heterocycles. The van der Waals surface area contributed by atoms with E-state index in [-0.39, 0.29) is 11.4 Å². The number of fused-ring (bicyclic) bond motifs is 1. The monoisotopic (exact) mass is 309 g/mol. The largest absolute Gasteiger partial charge is 0.504 e. The minimum Gasteiger partial charge on any atom is -0.504 e. The van der Waals surface area contributed by atoms with Gasteiger partial charge in [-0.05, 0) is 24.3 Å². The molecule has 116 valence electrons. The fourth-order valence-electron chi connectivity index (χ4n) is 2.44. The molecule has 0 fully saturated rings. The van der Waals surface area contributed by atoms with E-state index in [9.17, 15) is 9.90 Å². The average molecular weight is 309 g/mol. The Balaban J connectivity index is 2.40. The number of hydrogen-bond donors (Lipinski definition) is 2. The fraction of sp³-hybridized carbons (Fsp3) is 0.118. The van der Waals surface area contributed by atoms with Crippen LogP contribution in [0, 0.1) is 0 Å². The molecular weight excluding hydrogens is 294 g/mol. The summed E-state index contributed by atoms with van der Waals surface area (Å²) in [4.78, 5) is 20.6. The first-order valence-electron chi connectivity index (χ1n) is 7.00. The number of aromatic nitrogens is 2. The maximum atomic E-state index is 12.0. The maximum absolute atomic E-state index is 12.0. The number of pyridine rings is 2. The molecule has 0 aliphatic heterocycles. The molecule has 0 atom stereocenters. The third-order valence-corrected chi connectivity index (χ3v) is 3.54. The third kappa shape index (κ3) is 2.44. The lowest BCUT2D eigenvalue weighted by Crippen LogP contribution is -2.20. The number of rotatable bonds is 3. The van der Waals surface area contributed by atoms with Gasteiger partial charge in [0, 0.05) is 24.2 Å². The summed E-state index contributed by atoms with van der Waals surface area (Å²) in [5, 5.41) is 13.4. The van der Waals surface area contributed by atoms with Crippen molar-refractivity contribution in [3.05, 3.63) is 48.3 Å². The molecule has 2 aromatic heterocycles. The molecule has 0 radical (unpaired) electrons. The van der Waals surface area contributed by atoms with Crippen molar-refractivity contribution in [2.75, 3.05) is 14.2 Å². The topological polar surface area (TPSA) is 84.3 Å². The first kappa shape index (κ1) is 14.8. The van der Waals surface area contributed by atoms with Crippen LogP contribution >= 0.6 is 0 Å². The summed E-state index contributed by atoms with van der Waals surface area (Å²) in [6, 6.07) is 10.9. The molecule has 0 saturated carbocycles. The fourth-order valence-corrected chi connectivity index (χ4v) is 2.44. The zero-order chi connectivity index (χ0) is 16.4. The molecule has 1 amide bonds. The molecule has 0 bridgehead atoms. The molecule has 6 nitrogen and oxygen atoms in total. The Morgan fingerprint density at radius 1 is 1.22 bits per heavy atom. The molecule has 23 heavy (non-hydrogen) atoms. The summed E-state index contributed by atoms with van der Waals surface area (Å²) < 4.78 is 5.38. The normalized spacial score (nSPS) is 10.5. The van der Waals surface area contributed by atoms with E-state index in [0.29, 0.717) is 22.3 Å². The molecule has 0 unspecified atom stereocenters. The first-order chi connectivity index (χ1) is 11.2. The second-order valence-electron chi connectivity index (χ2n) is 4.84. The maximum Gasteiger partial charge on any atom is 0.273 e. The van der Waals surface area contributed by atoms with Gasteiger partial charge in [-0.15, -0.1) is 0 Å². The van der Waals surface area contributed by atoms with E-state index in [4.69, 9.17) is 4.74 Å². The van der Waals surface area contributed by atoms with Crippen molar-refractivity contribution in [1.29, 1.82) is 0 Å². The van der Waals surface area contributed by atoms with Crippen LogP contribution in [0.15, 0.2) is 42.6 Å². The lowest BCUT2D eigenvalue weighted by Gasteiger charge is -2.13. The SMILES string of the molecule is CNC(=O)c1nc(-c2ccccc2OC)c2cccnc2c1O. The van der Waals surface area contributed by atoms with Crippen LogP contribution in [0.3, 0.4) is 0 Å². The molecule has 6 heteroatoms. The zero-order valence-electron chi connectivity index (χ0n) is 12.7. The number of benzene rings is 1. The van der Waals surface area contributed by atoms with Crippen molar-refractivity contribution in [2.45, 2.75) is 0 Å². The van der Waals surface area contributed by atoms with Gasteiger partial charge in [-0.25, -0.2) is 4.98 Å². The quantitative estimate of drug-likeness (QED) is 0.776. The molecule has 3 rings (SSSR count). The summed E-state index contributed by atoms with van der Waals surface area (Å²) >= 11 is 0. The van der Waals surface area contributed by atoms with Gasteiger partial charge in [0.25, 0.3) is 5.91 Å². The molecule has 0 aliphatic carbocycles. The molecule has 2 N–H and O–H groups in total. The molecule has 0 aliphatic rings. The number of nitrogens with one attached hydrogen (secondary N) is 1. The Morgan fingerprint density at radius 3 is 2.74 bits per heavy atom. The highest BCUT2D eigenvalue weighted by Gasteiger charge is 2.21. The van der Waals surface area contributed by atoms with E-state index >= 15 is 0 Å². The molecule has 2 heterocycles. The van der Waals surface area contributed by atoms with Crippen molar-refractivity contribution in [3.8, 4) is 22.8 Å². The van der Waals surface area contributed by atoms with Gasteiger partial charge in [-0.2, -0.15) is 0 Å². The Morgan fingerprint density at radius 2 is 2.00 bits per heavy atom. The Hall–Kier alpha value is -3.15. The summed E-state index contributed by atoms with van der Waals surface area (Å²) in [5.74, 6) is -0.0940. The van der Waals surface area contributed by atoms with Gasteiger partial charge in [-0.1, -0.05) is 12.1 Å². The minimum absolute atomic E-state index is 0.0698. The number of methoxy groups -OCH3 is 1. The lowest BCUT2D eigenvalue weighted by atomic mass is 10.0. The van der Waals surface area contributed by atoms with Crippen LogP contribution in [0.1, 0.15) is 10.5 Å². The van der Waals surface area contributed by atoms with E-state index in [1.165, 1.54) is 7.05 Å². The highest BCUT2D eigenvalue weighted by atomic mass is 16.5. The smallest absolute Gasteiger partial charge is 0.273 e. The first-order valence-corrected chi connectivity index (χ1v) is 7.00. The summed E-state index contributed by atoms with van der Waals surface area (Å²) in [6.07, 6.45) is 1.56. The van der Waals surface area contributed by atoms with Crippen LogP contribution in [0.25, 0.3) is 22.2 Å². The zero-order valence-corrected chi connectivity index (χ0v) is 12.7. The number of carbonyl (C=O) groups excluding carboxylic acids is 1. The van der Waals surface area contributed by atoms with Crippen molar-refractivity contribution < 1.29 is 14.6 Å². The van der Waals surface area contributed by atoms with Crippen molar-refractivity contribution in [3.63, 3.8) is 0 Å². The van der Waals surface area contributed by atoms with Gasteiger partial charge in [0.2, 0.25) is 0 Å². The average Bonchev–Trinajstić information content (AvgIpc) is 2.61. The lowest BCUT2D eigenvalue weighted by molar-refractivity contribution is 0.0955. The van der Waals surface area contributed by atoms with Gasteiger partial charge in [0.05, 0.1) is 12.8 Å². The Bertz CT molecular complexity index is 893. The van der Waals surface area contributed by atoms with E-state index in [0.717, 1.165) is 5.56 Å². The standard InChI is InChI=1S/C17H15N3O3/c1-18-17(22)15-16(21)14-11(7-5-9-19-14)13(20-15)10-6-3-4-8-12(10)23-2/h3-9,21H,1-2H3,(H,18,22). The van der Waals surface area contributed by atoms with Gasteiger partial charge in [0.1, 0.15) is 11.3 Å².